The molecule has 5 heteroatoms. The predicted octanol–water partition coefficient (Wildman–Crippen LogP) is 3.33. The van der Waals surface area contributed by atoms with E-state index in [4.69, 9.17) is 0 Å². The summed E-state index contributed by atoms with van der Waals surface area (Å²) in [6.45, 7) is 6.00. The highest BCUT2D eigenvalue weighted by atomic mass is 79.9. The summed E-state index contributed by atoms with van der Waals surface area (Å²) >= 11 is 3.39. The quantitative estimate of drug-likeness (QED) is 0.892. The minimum atomic E-state index is 0. The summed E-state index contributed by atoms with van der Waals surface area (Å²) < 4.78 is 1.01. The average Bonchev–Trinajstić information content (AvgIpc) is 2.46. The number of benzene rings is 1. The van der Waals surface area contributed by atoms with E-state index >= 15 is 0 Å². The monoisotopic (exact) mass is 360 g/mol. The Labute approximate surface area is 135 Å². The summed E-state index contributed by atoms with van der Waals surface area (Å²) in [5.41, 5.74) is 0.785. The van der Waals surface area contributed by atoms with Gasteiger partial charge in [0, 0.05) is 23.1 Å². The summed E-state index contributed by atoms with van der Waals surface area (Å²) in [4.78, 5) is 14.3. The lowest BCUT2D eigenvalue weighted by Crippen LogP contribution is -2.40. The fraction of sp³-hybridized carbons (Fsp3) is 0.533. The normalized spacial score (nSPS) is 15.8. The van der Waals surface area contributed by atoms with Crippen LogP contribution in [0.5, 0.6) is 0 Å². The van der Waals surface area contributed by atoms with Crippen LogP contribution in [0.3, 0.4) is 0 Å². The lowest BCUT2D eigenvalue weighted by atomic mass is 9.96. The van der Waals surface area contributed by atoms with E-state index in [9.17, 15) is 4.79 Å². The van der Waals surface area contributed by atoms with Crippen molar-refractivity contribution in [1.82, 2.24) is 10.2 Å². The van der Waals surface area contributed by atoms with Crippen LogP contribution >= 0.6 is 28.3 Å². The van der Waals surface area contributed by atoms with Crippen LogP contribution in [0.4, 0.5) is 0 Å². The molecule has 0 bridgehead atoms. The van der Waals surface area contributed by atoms with E-state index < -0.39 is 0 Å². The highest BCUT2D eigenvalue weighted by Gasteiger charge is 2.23. The zero-order valence-corrected chi connectivity index (χ0v) is 14.2. The highest BCUT2D eigenvalue weighted by Crippen LogP contribution is 2.19. The fourth-order valence-corrected chi connectivity index (χ4v) is 2.73. The first kappa shape index (κ1) is 17.5. The number of nitrogens with one attached hydrogen (secondary N) is 1. The van der Waals surface area contributed by atoms with Crippen molar-refractivity contribution in [1.29, 1.82) is 0 Å². The zero-order chi connectivity index (χ0) is 13.7. The van der Waals surface area contributed by atoms with Gasteiger partial charge in [-0.2, -0.15) is 0 Å². The summed E-state index contributed by atoms with van der Waals surface area (Å²) in [5.74, 6) is 0.878. The number of nitrogens with zero attached hydrogens (tertiary/aromatic N) is 1. The number of halogens is 2. The van der Waals surface area contributed by atoms with Crippen molar-refractivity contribution in [2.75, 3.05) is 26.2 Å². The van der Waals surface area contributed by atoms with Crippen LogP contribution in [0.2, 0.25) is 0 Å². The van der Waals surface area contributed by atoms with Gasteiger partial charge in [0.25, 0.3) is 5.91 Å². The van der Waals surface area contributed by atoms with Gasteiger partial charge < -0.3 is 10.2 Å². The Morgan fingerprint density at radius 2 is 1.90 bits per heavy atom. The van der Waals surface area contributed by atoms with Crippen LogP contribution in [0.25, 0.3) is 0 Å². The average molecular weight is 362 g/mol. The molecule has 1 aromatic carbocycles. The van der Waals surface area contributed by atoms with Gasteiger partial charge in [0.15, 0.2) is 0 Å². The summed E-state index contributed by atoms with van der Waals surface area (Å²) in [6, 6.07) is 7.62. The van der Waals surface area contributed by atoms with Crippen LogP contribution in [0.15, 0.2) is 28.7 Å². The molecule has 1 heterocycles. The number of rotatable bonds is 4. The standard InChI is InChI=1S/C15H21BrN2O.ClH/c1-2-17-11-12-7-9-18(10-8-12)15(19)13-3-5-14(16)6-4-13;/h3-6,12,17H,2,7-11H2,1H3;1H. The van der Waals surface area contributed by atoms with Gasteiger partial charge in [-0.05, 0) is 56.1 Å². The molecule has 112 valence electrons. The lowest BCUT2D eigenvalue weighted by molar-refractivity contribution is 0.0690. The molecule has 0 saturated carbocycles. The lowest BCUT2D eigenvalue weighted by Gasteiger charge is -2.32. The minimum absolute atomic E-state index is 0. The molecule has 0 atom stereocenters. The third-order valence-electron chi connectivity index (χ3n) is 3.68. The Morgan fingerprint density at radius 1 is 1.30 bits per heavy atom. The van der Waals surface area contributed by atoms with Gasteiger partial charge in [-0.3, -0.25) is 4.79 Å². The zero-order valence-electron chi connectivity index (χ0n) is 11.8. The van der Waals surface area contributed by atoms with Crippen LogP contribution in [-0.4, -0.2) is 37.0 Å². The van der Waals surface area contributed by atoms with E-state index in [1.165, 1.54) is 0 Å². The van der Waals surface area contributed by atoms with Crippen LogP contribution < -0.4 is 5.32 Å². The van der Waals surface area contributed by atoms with Crippen molar-refractivity contribution in [2.24, 2.45) is 5.92 Å². The van der Waals surface area contributed by atoms with E-state index in [0.717, 1.165) is 49.1 Å². The Morgan fingerprint density at radius 3 is 2.45 bits per heavy atom. The van der Waals surface area contributed by atoms with Gasteiger partial charge in [-0.25, -0.2) is 0 Å². The number of hydrogen-bond donors (Lipinski definition) is 1. The molecule has 0 aliphatic carbocycles. The summed E-state index contributed by atoms with van der Waals surface area (Å²) in [6.07, 6.45) is 2.21. The number of likely N-dealkylation sites (tertiary alicyclic amines) is 1. The number of carbonyl (C=O) groups excluding carboxylic acids is 1. The molecule has 1 fully saturated rings. The van der Waals surface area contributed by atoms with Crippen LogP contribution in [0.1, 0.15) is 30.1 Å². The number of piperidine rings is 1. The van der Waals surface area contributed by atoms with Gasteiger partial charge in [0.1, 0.15) is 0 Å². The smallest absolute Gasteiger partial charge is 0.253 e. The van der Waals surface area contributed by atoms with Crippen molar-refractivity contribution >= 4 is 34.2 Å². The summed E-state index contributed by atoms with van der Waals surface area (Å²) in [7, 11) is 0. The molecule has 0 spiro atoms. The Kier molecular flexibility index (Phi) is 7.56. The van der Waals surface area contributed by atoms with Crippen molar-refractivity contribution in [3.8, 4) is 0 Å². The largest absolute Gasteiger partial charge is 0.339 e. The number of hydrogen-bond acceptors (Lipinski definition) is 2. The Balaban J connectivity index is 0.00000200. The molecule has 0 unspecified atom stereocenters. The molecule has 1 aliphatic heterocycles. The van der Waals surface area contributed by atoms with Crippen molar-refractivity contribution in [3.05, 3.63) is 34.3 Å². The molecular formula is C15H22BrClN2O. The molecule has 1 N–H and O–H groups in total. The third-order valence-corrected chi connectivity index (χ3v) is 4.20. The molecule has 20 heavy (non-hydrogen) atoms. The second-order valence-electron chi connectivity index (χ2n) is 5.05. The van der Waals surface area contributed by atoms with Gasteiger partial charge >= 0.3 is 0 Å². The second-order valence-corrected chi connectivity index (χ2v) is 5.97. The summed E-state index contributed by atoms with van der Waals surface area (Å²) in [5, 5.41) is 3.39. The first-order chi connectivity index (χ1) is 9.20. The first-order valence-electron chi connectivity index (χ1n) is 6.96. The van der Waals surface area contributed by atoms with Crippen LogP contribution in [0, 0.1) is 5.92 Å². The molecule has 1 aliphatic rings. The molecule has 0 radical (unpaired) electrons. The molecule has 0 aromatic heterocycles. The minimum Gasteiger partial charge on any atom is -0.339 e. The van der Waals surface area contributed by atoms with Gasteiger partial charge in [0.05, 0.1) is 0 Å². The maximum Gasteiger partial charge on any atom is 0.253 e. The Hall–Kier alpha value is -0.580. The number of amides is 1. The Bertz CT molecular complexity index is 416. The maximum atomic E-state index is 12.3. The molecule has 2 rings (SSSR count). The van der Waals surface area contributed by atoms with E-state index in [2.05, 4.69) is 28.2 Å². The van der Waals surface area contributed by atoms with Gasteiger partial charge in [-0.15, -0.1) is 12.4 Å². The van der Waals surface area contributed by atoms with Crippen LogP contribution in [-0.2, 0) is 0 Å². The fourth-order valence-electron chi connectivity index (χ4n) is 2.46. The second kappa shape index (κ2) is 8.65. The topological polar surface area (TPSA) is 32.3 Å². The van der Waals surface area contributed by atoms with Crippen molar-refractivity contribution < 1.29 is 4.79 Å². The first-order valence-corrected chi connectivity index (χ1v) is 7.75. The molecule has 1 saturated heterocycles. The van der Waals surface area contributed by atoms with Crippen molar-refractivity contribution in [3.63, 3.8) is 0 Å². The van der Waals surface area contributed by atoms with E-state index in [1.807, 2.05) is 29.2 Å². The maximum absolute atomic E-state index is 12.3. The van der Waals surface area contributed by atoms with E-state index in [0.29, 0.717) is 5.92 Å². The van der Waals surface area contributed by atoms with Gasteiger partial charge in [0.2, 0.25) is 0 Å². The predicted molar refractivity (Wildman–Crippen MR) is 88.6 cm³/mol. The van der Waals surface area contributed by atoms with E-state index in [1.54, 1.807) is 0 Å². The molecule has 1 amide bonds. The molecule has 3 nitrogen and oxygen atoms in total. The van der Waals surface area contributed by atoms with E-state index in [-0.39, 0.29) is 18.3 Å². The SMILES string of the molecule is CCNCC1CCN(C(=O)c2ccc(Br)cc2)CC1.Cl. The van der Waals surface area contributed by atoms with Gasteiger partial charge in [-0.1, -0.05) is 22.9 Å². The molecular weight excluding hydrogens is 340 g/mol. The third kappa shape index (κ3) is 4.76. The number of carbonyl (C=O) groups is 1. The highest BCUT2D eigenvalue weighted by molar-refractivity contribution is 9.10. The molecule has 1 aromatic rings. The van der Waals surface area contributed by atoms with Crippen molar-refractivity contribution in [2.45, 2.75) is 19.8 Å².